The van der Waals surface area contributed by atoms with Crippen molar-refractivity contribution in [1.29, 1.82) is 0 Å². The third kappa shape index (κ3) is 3.50. The van der Waals surface area contributed by atoms with Crippen molar-refractivity contribution in [3.05, 3.63) is 0 Å². The molecule has 0 saturated heterocycles. The molecule has 3 nitrogen and oxygen atoms in total. The van der Waals surface area contributed by atoms with Crippen LogP contribution in [0, 0.1) is 0 Å². The van der Waals surface area contributed by atoms with Crippen molar-refractivity contribution in [2.45, 2.75) is 32.8 Å². The minimum Gasteiger partial charge on any atom is -0.437 e. The van der Waals surface area contributed by atoms with E-state index in [1.54, 1.807) is 6.92 Å². The average Bonchev–Trinajstić information content (AvgIpc) is 1.85. The molecule has 1 amide bonds. The van der Waals surface area contributed by atoms with Crippen molar-refractivity contribution in [2.75, 3.05) is 6.54 Å². The number of amides is 1. The first-order valence-electron chi connectivity index (χ1n) is 3.65. The second kappa shape index (κ2) is 4.23. The van der Waals surface area contributed by atoms with Crippen LogP contribution in [-0.4, -0.2) is 24.7 Å². The van der Waals surface area contributed by atoms with Crippen LogP contribution in [0.15, 0.2) is 0 Å². The monoisotopic (exact) mass is 181 g/mol. The molecule has 0 radical (unpaired) electrons. The molecule has 0 aliphatic carbocycles. The van der Waals surface area contributed by atoms with Gasteiger partial charge in [-0.3, -0.25) is 0 Å². The number of hydrogen-bond donors (Lipinski definition) is 1. The minimum atomic E-state index is -2.68. The summed E-state index contributed by atoms with van der Waals surface area (Å²) >= 11 is 0. The van der Waals surface area contributed by atoms with Gasteiger partial charge in [-0.1, -0.05) is 0 Å². The van der Waals surface area contributed by atoms with Gasteiger partial charge >= 0.3 is 6.09 Å². The van der Waals surface area contributed by atoms with Gasteiger partial charge in [-0.05, 0) is 20.8 Å². The third-order valence-electron chi connectivity index (χ3n) is 1.20. The lowest BCUT2D eigenvalue weighted by Gasteiger charge is -2.23. The van der Waals surface area contributed by atoms with Crippen LogP contribution in [0.3, 0.4) is 0 Å². The largest absolute Gasteiger partial charge is 0.437 e. The van der Waals surface area contributed by atoms with Gasteiger partial charge in [-0.2, -0.15) is 0 Å². The number of alkyl halides is 2. The first-order valence-corrected chi connectivity index (χ1v) is 3.65. The summed E-state index contributed by atoms with van der Waals surface area (Å²) < 4.78 is 28.7. The maximum absolute atomic E-state index is 12.1. The maximum Gasteiger partial charge on any atom is 0.407 e. The zero-order valence-corrected chi connectivity index (χ0v) is 7.36. The third-order valence-corrected chi connectivity index (χ3v) is 1.20. The molecular formula is C7H13F2NO2. The highest BCUT2D eigenvalue weighted by Gasteiger charge is 2.33. The van der Waals surface area contributed by atoms with Crippen molar-refractivity contribution >= 4 is 6.09 Å². The molecule has 0 aliphatic heterocycles. The fraction of sp³-hybridized carbons (Fsp3) is 0.857. The number of carbonyl (C=O) groups is 1. The molecule has 72 valence electrons. The smallest absolute Gasteiger partial charge is 0.407 e. The van der Waals surface area contributed by atoms with Crippen LogP contribution in [-0.2, 0) is 4.74 Å². The Hall–Kier alpha value is -0.870. The Kier molecular flexibility index (Phi) is 3.92. The van der Waals surface area contributed by atoms with Crippen LogP contribution in [0.2, 0.25) is 0 Å². The molecule has 0 heterocycles. The Morgan fingerprint density at radius 3 is 2.42 bits per heavy atom. The lowest BCUT2D eigenvalue weighted by atomic mass is 10.1. The van der Waals surface area contributed by atoms with E-state index in [-0.39, 0.29) is 0 Å². The van der Waals surface area contributed by atoms with Crippen molar-refractivity contribution in [3.63, 3.8) is 0 Å². The highest BCUT2D eigenvalue weighted by atomic mass is 19.3. The van der Waals surface area contributed by atoms with Gasteiger partial charge in [0.1, 0.15) is 0 Å². The van der Waals surface area contributed by atoms with Crippen molar-refractivity contribution < 1.29 is 18.3 Å². The predicted molar refractivity (Wildman–Crippen MR) is 40.2 cm³/mol. The van der Waals surface area contributed by atoms with E-state index in [4.69, 9.17) is 0 Å². The Balaban J connectivity index is 3.97. The fourth-order valence-electron chi connectivity index (χ4n) is 0.464. The summed E-state index contributed by atoms with van der Waals surface area (Å²) in [6.45, 7) is 4.36. The van der Waals surface area contributed by atoms with Crippen molar-refractivity contribution in [1.82, 2.24) is 5.32 Å². The molecule has 0 saturated carbocycles. The van der Waals surface area contributed by atoms with E-state index in [0.717, 1.165) is 13.8 Å². The van der Waals surface area contributed by atoms with Crippen LogP contribution >= 0.6 is 0 Å². The SMILES string of the molecule is CCNC(=O)OC(C)(C)C(F)F. The summed E-state index contributed by atoms with van der Waals surface area (Å²) in [7, 11) is 0. The van der Waals surface area contributed by atoms with Crippen molar-refractivity contribution in [3.8, 4) is 0 Å². The normalized spacial score (nSPS) is 11.5. The highest BCUT2D eigenvalue weighted by molar-refractivity contribution is 5.67. The lowest BCUT2D eigenvalue weighted by Crippen LogP contribution is -2.39. The van der Waals surface area contributed by atoms with E-state index in [9.17, 15) is 13.6 Å². The van der Waals surface area contributed by atoms with E-state index in [2.05, 4.69) is 10.1 Å². The molecule has 0 fully saturated rings. The number of ether oxygens (including phenoxy) is 1. The summed E-state index contributed by atoms with van der Waals surface area (Å²) in [4.78, 5) is 10.7. The first-order chi connectivity index (χ1) is 5.40. The van der Waals surface area contributed by atoms with Crippen LogP contribution in [0.4, 0.5) is 13.6 Å². The van der Waals surface area contributed by atoms with Gasteiger partial charge in [0, 0.05) is 6.54 Å². The summed E-state index contributed by atoms with van der Waals surface area (Å²) in [6, 6.07) is 0. The molecule has 5 heteroatoms. The number of halogens is 2. The topological polar surface area (TPSA) is 38.3 Å². The molecule has 0 aromatic rings. The van der Waals surface area contributed by atoms with Gasteiger partial charge in [0.2, 0.25) is 0 Å². The number of hydrogen-bond acceptors (Lipinski definition) is 2. The summed E-state index contributed by atoms with van der Waals surface area (Å²) in [5.41, 5.74) is -1.72. The van der Waals surface area contributed by atoms with Crippen molar-refractivity contribution in [2.24, 2.45) is 0 Å². The quantitative estimate of drug-likeness (QED) is 0.720. The molecule has 0 unspecified atom stereocenters. The molecule has 0 aromatic carbocycles. The van der Waals surface area contributed by atoms with Gasteiger partial charge in [0.15, 0.2) is 5.60 Å². The van der Waals surface area contributed by atoms with E-state index < -0.39 is 18.1 Å². The van der Waals surface area contributed by atoms with Gasteiger partial charge in [-0.25, -0.2) is 13.6 Å². The highest BCUT2D eigenvalue weighted by Crippen LogP contribution is 2.18. The predicted octanol–water partition coefficient (Wildman–Crippen LogP) is 1.78. The van der Waals surface area contributed by atoms with E-state index in [0.29, 0.717) is 6.54 Å². The number of rotatable bonds is 3. The Labute approximate surface area is 70.1 Å². The Morgan fingerprint density at radius 2 is 2.08 bits per heavy atom. The number of nitrogens with one attached hydrogen (secondary N) is 1. The Morgan fingerprint density at radius 1 is 1.58 bits per heavy atom. The summed E-state index contributed by atoms with van der Waals surface area (Å²) in [5, 5.41) is 2.26. The van der Waals surface area contributed by atoms with E-state index in [1.807, 2.05) is 0 Å². The molecule has 0 rings (SSSR count). The molecule has 0 aromatic heterocycles. The van der Waals surface area contributed by atoms with Gasteiger partial charge in [0.25, 0.3) is 6.43 Å². The summed E-state index contributed by atoms with van der Waals surface area (Å²) in [5.74, 6) is 0. The molecule has 0 atom stereocenters. The molecule has 0 spiro atoms. The number of carbonyl (C=O) groups excluding carboxylic acids is 1. The standard InChI is InChI=1S/C7H13F2NO2/c1-4-10-6(11)12-7(2,3)5(8)9/h5H,4H2,1-3H3,(H,10,11). The van der Waals surface area contributed by atoms with Gasteiger partial charge < -0.3 is 10.1 Å². The van der Waals surface area contributed by atoms with Crippen LogP contribution in [0.1, 0.15) is 20.8 Å². The van der Waals surface area contributed by atoms with E-state index >= 15 is 0 Å². The second-order valence-electron chi connectivity index (χ2n) is 2.82. The fourth-order valence-corrected chi connectivity index (χ4v) is 0.464. The van der Waals surface area contributed by atoms with Crippen LogP contribution in [0.25, 0.3) is 0 Å². The lowest BCUT2D eigenvalue weighted by molar-refractivity contribution is -0.0769. The van der Waals surface area contributed by atoms with Crippen LogP contribution in [0.5, 0.6) is 0 Å². The van der Waals surface area contributed by atoms with Crippen LogP contribution < -0.4 is 5.32 Å². The average molecular weight is 181 g/mol. The first kappa shape index (κ1) is 11.1. The maximum atomic E-state index is 12.1. The molecule has 0 bridgehead atoms. The molecule has 12 heavy (non-hydrogen) atoms. The Bertz CT molecular complexity index is 159. The zero-order chi connectivity index (χ0) is 9.78. The summed E-state index contributed by atoms with van der Waals surface area (Å²) in [6.07, 6.45) is -3.50. The van der Waals surface area contributed by atoms with Gasteiger partial charge in [-0.15, -0.1) is 0 Å². The van der Waals surface area contributed by atoms with Gasteiger partial charge in [0.05, 0.1) is 0 Å². The molecular weight excluding hydrogens is 168 g/mol. The molecule has 1 N–H and O–H groups in total. The van der Waals surface area contributed by atoms with E-state index in [1.165, 1.54) is 0 Å². The molecule has 0 aliphatic rings. The number of alkyl carbamates (subject to hydrolysis) is 1. The minimum absolute atomic E-state index is 0.359. The zero-order valence-electron chi connectivity index (χ0n) is 7.36. The second-order valence-corrected chi connectivity index (χ2v) is 2.82.